The van der Waals surface area contributed by atoms with Crippen LogP contribution in [0.25, 0.3) is 0 Å². The molecule has 0 fully saturated rings. The fourth-order valence-electron chi connectivity index (χ4n) is 2.64. The molecule has 3 rings (SSSR count). The molecule has 27 heavy (non-hydrogen) atoms. The van der Waals surface area contributed by atoms with E-state index in [-0.39, 0.29) is 11.6 Å². The summed E-state index contributed by atoms with van der Waals surface area (Å²) in [6, 6.07) is 13.6. The summed E-state index contributed by atoms with van der Waals surface area (Å²) in [4.78, 5) is 20.7. The van der Waals surface area contributed by atoms with Crippen molar-refractivity contribution in [2.75, 3.05) is 11.9 Å². The number of hydrogen-bond donors (Lipinski definition) is 2. The summed E-state index contributed by atoms with van der Waals surface area (Å²) in [5.41, 5.74) is 4.68. The Labute approximate surface area is 163 Å². The van der Waals surface area contributed by atoms with Crippen molar-refractivity contribution >= 4 is 29.0 Å². The number of aromatic nitrogens is 2. The Bertz CT molecular complexity index is 941. The molecule has 0 radical (unpaired) electrons. The molecule has 0 spiro atoms. The zero-order valence-electron chi connectivity index (χ0n) is 15.3. The van der Waals surface area contributed by atoms with Crippen LogP contribution < -0.4 is 10.6 Å². The number of carbonyl (C=O) groups excluding carboxylic acids is 1. The van der Waals surface area contributed by atoms with Crippen LogP contribution in [-0.4, -0.2) is 22.4 Å². The van der Waals surface area contributed by atoms with Gasteiger partial charge in [-0.15, -0.1) is 0 Å². The van der Waals surface area contributed by atoms with Gasteiger partial charge < -0.3 is 10.6 Å². The smallest absolute Gasteiger partial charge is 0.271 e. The molecule has 0 saturated carbocycles. The van der Waals surface area contributed by atoms with Gasteiger partial charge in [0.15, 0.2) is 0 Å². The third-order valence-corrected chi connectivity index (χ3v) is 4.58. The van der Waals surface area contributed by atoms with E-state index in [1.807, 2.05) is 43.3 Å². The second-order valence-electron chi connectivity index (χ2n) is 6.30. The maximum absolute atomic E-state index is 12.2. The van der Waals surface area contributed by atoms with Crippen LogP contribution >= 0.6 is 11.6 Å². The molecule has 0 atom stereocenters. The summed E-state index contributed by atoms with van der Waals surface area (Å²) in [5, 5.41) is 6.77. The molecular weight excluding hydrogens is 360 g/mol. The number of carbonyl (C=O) groups is 1. The third-order valence-electron chi connectivity index (χ3n) is 4.34. The van der Waals surface area contributed by atoms with Gasteiger partial charge in [-0.05, 0) is 55.2 Å². The van der Waals surface area contributed by atoms with E-state index in [0.29, 0.717) is 23.8 Å². The van der Waals surface area contributed by atoms with Gasteiger partial charge in [0, 0.05) is 17.3 Å². The summed E-state index contributed by atoms with van der Waals surface area (Å²) >= 11 is 5.96. The van der Waals surface area contributed by atoms with Crippen LogP contribution in [0.4, 0.5) is 11.5 Å². The van der Waals surface area contributed by atoms with Crippen LogP contribution in [0.5, 0.6) is 0 Å². The van der Waals surface area contributed by atoms with Crippen molar-refractivity contribution in [3.8, 4) is 0 Å². The molecule has 3 aromatic rings. The molecule has 6 heteroatoms. The zero-order chi connectivity index (χ0) is 19.2. The summed E-state index contributed by atoms with van der Waals surface area (Å²) in [5.74, 6) is 0.349. The van der Waals surface area contributed by atoms with E-state index < -0.39 is 0 Å². The van der Waals surface area contributed by atoms with Crippen LogP contribution in [0, 0.1) is 13.8 Å². The first-order valence-corrected chi connectivity index (χ1v) is 9.08. The second-order valence-corrected chi connectivity index (χ2v) is 6.73. The van der Waals surface area contributed by atoms with Crippen LogP contribution in [0.15, 0.2) is 54.9 Å². The molecule has 0 aliphatic carbocycles. The van der Waals surface area contributed by atoms with Gasteiger partial charge in [-0.25, -0.2) is 9.97 Å². The van der Waals surface area contributed by atoms with Gasteiger partial charge in [0.25, 0.3) is 5.91 Å². The summed E-state index contributed by atoms with van der Waals surface area (Å²) < 4.78 is 0. The van der Waals surface area contributed by atoms with Gasteiger partial charge in [-0.2, -0.15) is 0 Å². The van der Waals surface area contributed by atoms with Crippen molar-refractivity contribution in [1.82, 2.24) is 15.3 Å². The van der Waals surface area contributed by atoms with Crippen LogP contribution in [0.3, 0.4) is 0 Å². The van der Waals surface area contributed by atoms with E-state index in [1.54, 1.807) is 6.20 Å². The summed E-state index contributed by atoms with van der Waals surface area (Å²) in [6.07, 6.45) is 3.74. The Hall–Kier alpha value is -2.92. The fourth-order valence-corrected chi connectivity index (χ4v) is 2.85. The number of aryl methyl sites for hydroxylation is 1. The lowest BCUT2D eigenvalue weighted by Crippen LogP contribution is -2.26. The summed E-state index contributed by atoms with van der Waals surface area (Å²) in [7, 11) is 0. The minimum atomic E-state index is -0.247. The van der Waals surface area contributed by atoms with E-state index in [1.165, 1.54) is 11.8 Å². The van der Waals surface area contributed by atoms with Gasteiger partial charge >= 0.3 is 0 Å². The van der Waals surface area contributed by atoms with Crippen molar-refractivity contribution in [3.05, 3.63) is 82.3 Å². The van der Waals surface area contributed by atoms with Gasteiger partial charge in [-0.1, -0.05) is 35.9 Å². The normalized spacial score (nSPS) is 10.5. The molecule has 5 nitrogen and oxygen atoms in total. The lowest BCUT2D eigenvalue weighted by molar-refractivity contribution is 0.0949. The third kappa shape index (κ3) is 5.05. The molecule has 1 heterocycles. The summed E-state index contributed by atoms with van der Waals surface area (Å²) in [6.45, 7) is 4.61. The maximum Gasteiger partial charge on any atom is 0.271 e. The Balaban J connectivity index is 1.56. The number of anilines is 2. The number of rotatable bonds is 6. The second kappa shape index (κ2) is 8.64. The Morgan fingerprint density at radius 3 is 2.63 bits per heavy atom. The first kappa shape index (κ1) is 18.9. The number of halogens is 1. The molecule has 0 unspecified atom stereocenters. The van der Waals surface area contributed by atoms with Crippen molar-refractivity contribution in [2.24, 2.45) is 0 Å². The monoisotopic (exact) mass is 380 g/mol. The fraction of sp³-hybridized carbons (Fsp3) is 0.190. The Morgan fingerprint density at radius 2 is 1.89 bits per heavy atom. The average molecular weight is 381 g/mol. The lowest BCUT2D eigenvalue weighted by atomic mass is 10.1. The SMILES string of the molecule is Cc1cccc(Nc2cnc(C(=O)NCCc3cccc(Cl)c3)cn2)c1C. The topological polar surface area (TPSA) is 66.9 Å². The van der Waals surface area contributed by atoms with Gasteiger partial charge in [0.2, 0.25) is 0 Å². The minimum Gasteiger partial charge on any atom is -0.350 e. The standard InChI is InChI=1S/C21H21ClN4O/c1-14-5-3-8-18(15(14)2)26-20-13-24-19(12-25-20)21(27)23-10-9-16-6-4-7-17(22)11-16/h3-8,11-13H,9-10H2,1-2H3,(H,23,27)(H,25,26). The molecule has 1 amide bonds. The van der Waals surface area contributed by atoms with E-state index in [9.17, 15) is 4.79 Å². The first-order chi connectivity index (χ1) is 13.0. The highest BCUT2D eigenvalue weighted by Crippen LogP contribution is 2.21. The highest BCUT2D eigenvalue weighted by molar-refractivity contribution is 6.30. The Kier molecular flexibility index (Phi) is 6.04. The van der Waals surface area contributed by atoms with Crippen molar-refractivity contribution in [1.29, 1.82) is 0 Å². The number of hydrogen-bond acceptors (Lipinski definition) is 4. The maximum atomic E-state index is 12.2. The van der Waals surface area contributed by atoms with Crippen LogP contribution in [0.2, 0.25) is 5.02 Å². The van der Waals surface area contributed by atoms with E-state index in [2.05, 4.69) is 33.6 Å². The number of benzene rings is 2. The predicted molar refractivity (Wildman–Crippen MR) is 109 cm³/mol. The lowest BCUT2D eigenvalue weighted by Gasteiger charge is -2.11. The number of amides is 1. The van der Waals surface area contributed by atoms with Crippen molar-refractivity contribution < 1.29 is 4.79 Å². The highest BCUT2D eigenvalue weighted by Gasteiger charge is 2.08. The highest BCUT2D eigenvalue weighted by atomic mass is 35.5. The quantitative estimate of drug-likeness (QED) is 0.662. The molecule has 2 N–H and O–H groups in total. The molecule has 138 valence electrons. The number of nitrogens with zero attached hydrogens (tertiary/aromatic N) is 2. The molecule has 0 saturated heterocycles. The predicted octanol–water partition coefficient (Wildman–Crippen LogP) is 4.46. The molecule has 0 bridgehead atoms. The largest absolute Gasteiger partial charge is 0.350 e. The number of nitrogens with one attached hydrogen (secondary N) is 2. The molecule has 2 aromatic carbocycles. The molecule has 1 aromatic heterocycles. The van der Waals surface area contributed by atoms with Crippen molar-refractivity contribution in [2.45, 2.75) is 20.3 Å². The van der Waals surface area contributed by atoms with Crippen LogP contribution in [-0.2, 0) is 6.42 Å². The van der Waals surface area contributed by atoms with E-state index in [0.717, 1.165) is 16.8 Å². The van der Waals surface area contributed by atoms with Crippen molar-refractivity contribution in [3.63, 3.8) is 0 Å². The van der Waals surface area contributed by atoms with Gasteiger partial charge in [0.1, 0.15) is 11.5 Å². The van der Waals surface area contributed by atoms with E-state index in [4.69, 9.17) is 11.6 Å². The van der Waals surface area contributed by atoms with Gasteiger partial charge in [0.05, 0.1) is 12.4 Å². The molecular formula is C21H21ClN4O. The zero-order valence-corrected chi connectivity index (χ0v) is 16.0. The first-order valence-electron chi connectivity index (χ1n) is 8.71. The molecule has 0 aliphatic heterocycles. The average Bonchev–Trinajstić information content (AvgIpc) is 2.66. The Morgan fingerprint density at radius 1 is 1.07 bits per heavy atom. The van der Waals surface area contributed by atoms with Gasteiger partial charge in [-0.3, -0.25) is 4.79 Å². The minimum absolute atomic E-state index is 0.247. The van der Waals surface area contributed by atoms with E-state index >= 15 is 0 Å². The van der Waals surface area contributed by atoms with Crippen LogP contribution in [0.1, 0.15) is 27.2 Å². The molecule has 0 aliphatic rings.